The standard InChI is InChI=1S/C20H28ClN3O5S/c21-15-8-10-17(11-9-15)30(27,28)24-12-5-13-29-18(24)14-22-19(25)20(26)23-16-6-3-1-2-4-7-16/h8-11,16,18H,1-7,12-14H2,(H,22,25)(H,23,26)/t18-/m0/s1. The molecular weight excluding hydrogens is 430 g/mol. The quantitative estimate of drug-likeness (QED) is 0.520. The van der Waals surface area contributed by atoms with Crippen molar-refractivity contribution in [3.05, 3.63) is 29.3 Å². The topological polar surface area (TPSA) is 105 Å². The SMILES string of the molecule is O=C(NC[C@@H]1OCCCN1S(=O)(=O)c1ccc(Cl)cc1)C(=O)NC1CCCCCC1. The lowest BCUT2D eigenvalue weighted by molar-refractivity contribution is -0.140. The predicted octanol–water partition coefficient (Wildman–Crippen LogP) is 2.03. The van der Waals surface area contributed by atoms with Gasteiger partial charge in [0, 0.05) is 17.6 Å². The van der Waals surface area contributed by atoms with Gasteiger partial charge in [-0.2, -0.15) is 4.31 Å². The fraction of sp³-hybridized carbons (Fsp3) is 0.600. The number of carbonyl (C=O) groups is 2. The van der Waals surface area contributed by atoms with Gasteiger partial charge in [0.1, 0.15) is 6.23 Å². The molecule has 166 valence electrons. The van der Waals surface area contributed by atoms with E-state index < -0.39 is 28.1 Å². The smallest absolute Gasteiger partial charge is 0.309 e. The van der Waals surface area contributed by atoms with E-state index in [2.05, 4.69) is 10.6 Å². The van der Waals surface area contributed by atoms with Crippen molar-refractivity contribution < 1.29 is 22.7 Å². The number of carbonyl (C=O) groups excluding carboxylic acids is 2. The minimum atomic E-state index is -3.83. The van der Waals surface area contributed by atoms with E-state index in [1.54, 1.807) is 0 Å². The highest BCUT2D eigenvalue weighted by Gasteiger charge is 2.35. The first-order chi connectivity index (χ1) is 14.4. The summed E-state index contributed by atoms with van der Waals surface area (Å²) in [5.74, 6) is -1.47. The zero-order valence-corrected chi connectivity index (χ0v) is 18.4. The van der Waals surface area contributed by atoms with Crippen molar-refractivity contribution in [3.63, 3.8) is 0 Å². The van der Waals surface area contributed by atoms with Crippen LogP contribution in [0.2, 0.25) is 5.02 Å². The summed E-state index contributed by atoms with van der Waals surface area (Å²) in [5, 5.41) is 5.74. The van der Waals surface area contributed by atoms with Crippen LogP contribution in [-0.2, 0) is 24.3 Å². The molecule has 0 spiro atoms. The highest BCUT2D eigenvalue weighted by atomic mass is 35.5. The minimum absolute atomic E-state index is 0.0125. The molecule has 0 radical (unpaired) electrons. The van der Waals surface area contributed by atoms with Crippen LogP contribution in [0.15, 0.2) is 29.2 Å². The monoisotopic (exact) mass is 457 g/mol. The van der Waals surface area contributed by atoms with E-state index in [4.69, 9.17) is 16.3 Å². The number of hydrogen-bond donors (Lipinski definition) is 2. The second-order valence-electron chi connectivity index (χ2n) is 7.62. The van der Waals surface area contributed by atoms with Crippen LogP contribution < -0.4 is 10.6 Å². The van der Waals surface area contributed by atoms with Crippen molar-refractivity contribution in [1.29, 1.82) is 0 Å². The number of benzene rings is 1. The molecule has 0 bridgehead atoms. The van der Waals surface area contributed by atoms with Gasteiger partial charge >= 0.3 is 11.8 Å². The molecule has 10 heteroatoms. The van der Waals surface area contributed by atoms with Crippen LogP contribution in [0, 0.1) is 0 Å². The molecule has 1 aliphatic carbocycles. The third-order valence-corrected chi connectivity index (χ3v) is 7.56. The summed E-state index contributed by atoms with van der Waals surface area (Å²) >= 11 is 5.85. The van der Waals surface area contributed by atoms with Gasteiger partial charge in [0.15, 0.2) is 0 Å². The molecule has 1 atom stereocenters. The normalized spacial score (nSPS) is 21.6. The summed E-state index contributed by atoms with van der Waals surface area (Å²) in [6.07, 6.45) is 5.79. The van der Waals surface area contributed by atoms with E-state index in [0.717, 1.165) is 38.5 Å². The maximum absolute atomic E-state index is 13.0. The molecule has 0 unspecified atom stereocenters. The fourth-order valence-electron chi connectivity index (χ4n) is 3.78. The number of halogens is 1. The number of ether oxygens (including phenoxy) is 1. The van der Waals surface area contributed by atoms with Crippen molar-refractivity contribution in [2.75, 3.05) is 19.7 Å². The number of rotatable bonds is 5. The van der Waals surface area contributed by atoms with Crippen LogP contribution in [0.4, 0.5) is 0 Å². The van der Waals surface area contributed by atoms with Crippen LogP contribution in [0.1, 0.15) is 44.9 Å². The largest absolute Gasteiger partial charge is 0.360 e. The van der Waals surface area contributed by atoms with Gasteiger partial charge in [0.25, 0.3) is 0 Å². The van der Waals surface area contributed by atoms with E-state index in [9.17, 15) is 18.0 Å². The van der Waals surface area contributed by atoms with Gasteiger partial charge in [0.05, 0.1) is 18.0 Å². The van der Waals surface area contributed by atoms with Gasteiger partial charge in [-0.3, -0.25) is 9.59 Å². The number of hydrogen-bond acceptors (Lipinski definition) is 5. The molecule has 1 saturated carbocycles. The Morgan fingerprint density at radius 3 is 2.37 bits per heavy atom. The molecule has 3 rings (SSSR count). The minimum Gasteiger partial charge on any atom is -0.360 e. The molecule has 2 fully saturated rings. The Bertz CT molecular complexity index is 839. The van der Waals surface area contributed by atoms with Gasteiger partial charge in [-0.05, 0) is 43.5 Å². The fourth-order valence-corrected chi connectivity index (χ4v) is 5.47. The molecule has 1 heterocycles. The zero-order valence-electron chi connectivity index (χ0n) is 16.8. The predicted molar refractivity (Wildman–Crippen MR) is 112 cm³/mol. The number of amides is 2. The summed E-state index contributed by atoms with van der Waals surface area (Å²) in [4.78, 5) is 24.6. The van der Waals surface area contributed by atoms with Crippen LogP contribution in [-0.4, -0.2) is 56.5 Å². The maximum atomic E-state index is 13.0. The van der Waals surface area contributed by atoms with Gasteiger partial charge in [-0.25, -0.2) is 8.42 Å². The van der Waals surface area contributed by atoms with Crippen molar-refractivity contribution in [1.82, 2.24) is 14.9 Å². The Balaban J connectivity index is 1.59. The van der Waals surface area contributed by atoms with Crippen LogP contribution in [0.25, 0.3) is 0 Å². The summed E-state index contributed by atoms with van der Waals surface area (Å²) in [6.45, 7) is 0.533. The lowest BCUT2D eigenvalue weighted by Crippen LogP contribution is -2.53. The molecule has 8 nitrogen and oxygen atoms in total. The van der Waals surface area contributed by atoms with E-state index in [0.29, 0.717) is 18.1 Å². The Morgan fingerprint density at radius 1 is 1.03 bits per heavy atom. The van der Waals surface area contributed by atoms with Crippen molar-refractivity contribution in [3.8, 4) is 0 Å². The molecule has 1 aromatic rings. The summed E-state index contributed by atoms with van der Waals surface area (Å²) < 4.78 is 32.8. The highest BCUT2D eigenvalue weighted by molar-refractivity contribution is 7.89. The van der Waals surface area contributed by atoms with Gasteiger partial charge in [0.2, 0.25) is 10.0 Å². The second-order valence-corrected chi connectivity index (χ2v) is 9.95. The van der Waals surface area contributed by atoms with Gasteiger partial charge in [-0.1, -0.05) is 37.3 Å². The summed E-state index contributed by atoms with van der Waals surface area (Å²) in [7, 11) is -3.83. The first-order valence-corrected chi connectivity index (χ1v) is 12.2. The molecule has 2 aliphatic rings. The molecule has 1 aromatic carbocycles. The molecule has 2 N–H and O–H groups in total. The average Bonchev–Trinajstić information content (AvgIpc) is 3.01. The molecule has 0 aromatic heterocycles. The lowest BCUT2D eigenvalue weighted by atomic mass is 10.1. The first-order valence-electron chi connectivity index (χ1n) is 10.4. The van der Waals surface area contributed by atoms with Gasteiger partial charge < -0.3 is 15.4 Å². The summed E-state index contributed by atoms with van der Waals surface area (Å²) in [5.41, 5.74) is 0. The van der Waals surface area contributed by atoms with Crippen molar-refractivity contribution in [2.45, 2.75) is 62.1 Å². The third-order valence-electron chi connectivity index (χ3n) is 5.41. The van der Waals surface area contributed by atoms with Crippen LogP contribution in [0.3, 0.4) is 0 Å². The molecule has 1 aliphatic heterocycles. The molecule has 30 heavy (non-hydrogen) atoms. The second kappa shape index (κ2) is 10.6. The highest BCUT2D eigenvalue weighted by Crippen LogP contribution is 2.23. The van der Waals surface area contributed by atoms with E-state index in [1.807, 2.05) is 0 Å². The van der Waals surface area contributed by atoms with Crippen molar-refractivity contribution >= 4 is 33.4 Å². The van der Waals surface area contributed by atoms with Crippen LogP contribution >= 0.6 is 11.6 Å². The number of nitrogens with zero attached hydrogens (tertiary/aromatic N) is 1. The Hall–Kier alpha value is -1.68. The average molecular weight is 458 g/mol. The molecular formula is C20H28ClN3O5S. The van der Waals surface area contributed by atoms with E-state index in [-0.39, 0.29) is 24.0 Å². The van der Waals surface area contributed by atoms with Crippen LogP contribution in [0.5, 0.6) is 0 Å². The van der Waals surface area contributed by atoms with E-state index in [1.165, 1.54) is 28.6 Å². The Kier molecular flexibility index (Phi) is 8.10. The maximum Gasteiger partial charge on any atom is 0.309 e. The molecule has 1 saturated heterocycles. The Morgan fingerprint density at radius 2 is 1.70 bits per heavy atom. The zero-order chi connectivity index (χ0) is 21.6. The Labute approximate surface area is 182 Å². The van der Waals surface area contributed by atoms with Gasteiger partial charge in [-0.15, -0.1) is 0 Å². The van der Waals surface area contributed by atoms with Crippen molar-refractivity contribution in [2.24, 2.45) is 0 Å². The lowest BCUT2D eigenvalue weighted by Gasteiger charge is -2.34. The number of sulfonamides is 1. The summed E-state index contributed by atoms with van der Waals surface area (Å²) in [6, 6.07) is 5.89. The number of nitrogens with one attached hydrogen (secondary N) is 2. The third kappa shape index (κ3) is 5.94. The van der Waals surface area contributed by atoms with E-state index >= 15 is 0 Å². The molecule has 2 amide bonds. The first kappa shape index (κ1) is 23.0.